The molecule has 4 rings (SSSR count). The number of nitrogens with zero attached hydrogens (tertiary/aromatic N) is 2. The first-order valence-corrected chi connectivity index (χ1v) is 13.1. The van der Waals surface area contributed by atoms with Crippen molar-refractivity contribution >= 4 is 12.2 Å². The van der Waals surface area contributed by atoms with Gasteiger partial charge in [-0.15, -0.1) is 0 Å². The Kier molecular flexibility index (Phi) is 8.67. The molecule has 0 radical (unpaired) electrons. The second-order valence-electron chi connectivity index (χ2n) is 10.4. The third kappa shape index (κ3) is 7.00. The molecule has 0 aliphatic heterocycles. The standard InChI is InChI=1S/C29H38N2O4/c32-28(33)30(20-24-7-3-1-4-8-24)26-15-11-22(12-16-26)19-23-13-17-27(18-14-23)31(29(34)35)21-25-9-5-2-6-10-25/h1-10,22-23,26-27H,11-21H2,(H,32,33)(H,34,35). The number of benzene rings is 2. The van der Waals surface area contributed by atoms with E-state index in [0.717, 1.165) is 62.5 Å². The zero-order valence-electron chi connectivity index (χ0n) is 20.5. The zero-order chi connectivity index (χ0) is 24.6. The Labute approximate surface area is 208 Å². The van der Waals surface area contributed by atoms with E-state index in [9.17, 15) is 19.8 Å². The molecule has 0 spiro atoms. The van der Waals surface area contributed by atoms with Crippen LogP contribution in [0.4, 0.5) is 9.59 Å². The number of carboxylic acid groups (broad SMARTS) is 2. The summed E-state index contributed by atoms with van der Waals surface area (Å²) in [7, 11) is 0. The molecule has 6 heteroatoms. The largest absolute Gasteiger partial charge is 0.465 e. The van der Waals surface area contributed by atoms with Gasteiger partial charge in [-0.1, -0.05) is 60.7 Å². The van der Waals surface area contributed by atoms with Crippen LogP contribution in [0.2, 0.25) is 0 Å². The van der Waals surface area contributed by atoms with Crippen LogP contribution >= 0.6 is 0 Å². The molecule has 35 heavy (non-hydrogen) atoms. The topological polar surface area (TPSA) is 81.1 Å². The summed E-state index contributed by atoms with van der Waals surface area (Å²) >= 11 is 0. The van der Waals surface area contributed by atoms with E-state index < -0.39 is 12.2 Å². The summed E-state index contributed by atoms with van der Waals surface area (Å²) in [6.45, 7) is 0.914. The lowest BCUT2D eigenvalue weighted by atomic mass is 9.75. The molecule has 2 N–H and O–H groups in total. The van der Waals surface area contributed by atoms with Crippen LogP contribution in [0.5, 0.6) is 0 Å². The number of hydrogen-bond acceptors (Lipinski definition) is 2. The fraction of sp³-hybridized carbons (Fsp3) is 0.517. The first kappa shape index (κ1) is 25.1. The van der Waals surface area contributed by atoms with Gasteiger partial charge in [-0.3, -0.25) is 0 Å². The maximum absolute atomic E-state index is 11.9. The van der Waals surface area contributed by atoms with Crippen LogP contribution in [0, 0.1) is 11.8 Å². The van der Waals surface area contributed by atoms with Crippen LogP contribution in [0.25, 0.3) is 0 Å². The predicted octanol–water partition coefficient (Wildman–Crippen LogP) is 6.85. The van der Waals surface area contributed by atoms with Gasteiger partial charge in [-0.05, 0) is 80.8 Å². The molecule has 0 heterocycles. The van der Waals surface area contributed by atoms with Gasteiger partial charge >= 0.3 is 12.2 Å². The fourth-order valence-corrected chi connectivity index (χ4v) is 6.12. The average molecular weight is 479 g/mol. The predicted molar refractivity (Wildman–Crippen MR) is 136 cm³/mol. The molecule has 2 aromatic rings. The van der Waals surface area contributed by atoms with Crippen LogP contribution in [0.3, 0.4) is 0 Å². The molecule has 0 saturated heterocycles. The minimum absolute atomic E-state index is 0.0989. The highest BCUT2D eigenvalue weighted by Crippen LogP contribution is 2.38. The average Bonchev–Trinajstić information content (AvgIpc) is 2.88. The second kappa shape index (κ2) is 12.1. The van der Waals surface area contributed by atoms with Crippen molar-refractivity contribution in [1.82, 2.24) is 9.80 Å². The van der Waals surface area contributed by atoms with E-state index in [-0.39, 0.29) is 12.1 Å². The third-order valence-corrected chi connectivity index (χ3v) is 8.06. The van der Waals surface area contributed by atoms with E-state index in [1.807, 2.05) is 60.7 Å². The van der Waals surface area contributed by atoms with Gasteiger partial charge in [0, 0.05) is 25.2 Å². The van der Waals surface area contributed by atoms with Crippen molar-refractivity contribution in [3.05, 3.63) is 71.8 Å². The number of rotatable bonds is 8. The van der Waals surface area contributed by atoms with Crippen molar-refractivity contribution in [3.63, 3.8) is 0 Å². The van der Waals surface area contributed by atoms with Gasteiger partial charge in [0.25, 0.3) is 0 Å². The molecule has 0 atom stereocenters. The van der Waals surface area contributed by atoms with Crippen molar-refractivity contribution in [2.45, 2.75) is 83.0 Å². The minimum atomic E-state index is -0.825. The summed E-state index contributed by atoms with van der Waals surface area (Å²) in [6, 6.07) is 19.9. The molecule has 2 fully saturated rings. The first-order valence-electron chi connectivity index (χ1n) is 13.1. The van der Waals surface area contributed by atoms with Gasteiger partial charge in [0.15, 0.2) is 0 Å². The Morgan fingerprint density at radius 1 is 0.600 bits per heavy atom. The maximum atomic E-state index is 11.9. The van der Waals surface area contributed by atoms with E-state index in [4.69, 9.17) is 0 Å². The lowest BCUT2D eigenvalue weighted by molar-refractivity contribution is 0.0858. The van der Waals surface area contributed by atoms with Crippen molar-refractivity contribution in [3.8, 4) is 0 Å². The van der Waals surface area contributed by atoms with Crippen molar-refractivity contribution in [2.24, 2.45) is 11.8 Å². The fourth-order valence-electron chi connectivity index (χ4n) is 6.12. The Hall–Kier alpha value is -3.02. The Morgan fingerprint density at radius 2 is 0.943 bits per heavy atom. The van der Waals surface area contributed by atoms with Crippen LogP contribution in [-0.4, -0.2) is 44.3 Å². The molecular formula is C29H38N2O4. The summed E-state index contributed by atoms with van der Waals surface area (Å²) in [6.07, 6.45) is 7.60. The molecule has 2 amide bonds. The summed E-state index contributed by atoms with van der Waals surface area (Å²) in [4.78, 5) is 27.1. The van der Waals surface area contributed by atoms with Crippen LogP contribution < -0.4 is 0 Å². The van der Waals surface area contributed by atoms with E-state index in [2.05, 4.69) is 0 Å². The van der Waals surface area contributed by atoms with Crippen LogP contribution in [0.1, 0.15) is 68.9 Å². The van der Waals surface area contributed by atoms with Crippen LogP contribution in [0.15, 0.2) is 60.7 Å². The summed E-state index contributed by atoms with van der Waals surface area (Å²) in [5, 5.41) is 19.6. The molecule has 2 aliphatic carbocycles. The van der Waals surface area contributed by atoms with Crippen LogP contribution in [-0.2, 0) is 13.1 Å². The quantitative estimate of drug-likeness (QED) is 0.434. The molecule has 188 valence electrons. The summed E-state index contributed by atoms with van der Waals surface area (Å²) in [5.74, 6) is 1.31. The molecule has 0 aromatic heterocycles. The SMILES string of the molecule is O=C(O)N(Cc1ccccc1)C1CCC(CC2CCC(N(Cc3ccccc3)C(=O)O)CC2)CC1. The molecule has 0 bridgehead atoms. The normalized spacial score (nSPS) is 24.5. The minimum Gasteiger partial charge on any atom is -0.465 e. The molecule has 0 unspecified atom stereocenters. The van der Waals surface area contributed by atoms with Crippen molar-refractivity contribution in [2.75, 3.05) is 0 Å². The summed E-state index contributed by atoms with van der Waals surface area (Å²) in [5.41, 5.74) is 2.08. The van der Waals surface area contributed by atoms with Gasteiger partial charge < -0.3 is 20.0 Å². The van der Waals surface area contributed by atoms with E-state index >= 15 is 0 Å². The highest BCUT2D eigenvalue weighted by Gasteiger charge is 2.33. The van der Waals surface area contributed by atoms with Gasteiger partial charge in [-0.2, -0.15) is 0 Å². The smallest absolute Gasteiger partial charge is 0.407 e. The Morgan fingerprint density at radius 3 is 1.26 bits per heavy atom. The van der Waals surface area contributed by atoms with E-state index in [0.29, 0.717) is 24.9 Å². The number of carbonyl (C=O) groups is 2. The lowest BCUT2D eigenvalue weighted by Crippen LogP contribution is -2.42. The van der Waals surface area contributed by atoms with E-state index in [1.165, 1.54) is 6.42 Å². The molecule has 2 aliphatic rings. The van der Waals surface area contributed by atoms with Gasteiger partial charge in [0.1, 0.15) is 0 Å². The summed E-state index contributed by atoms with van der Waals surface area (Å²) < 4.78 is 0. The van der Waals surface area contributed by atoms with Crippen molar-refractivity contribution in [1.29, 1.82) is 0 Å². The zero-order valence-corrected chi connectivity index (χ0v) is 20.5. The van der Waals surface area contributed by atoms with Crippen molar-refractivity contribution < 1.29 is 19.8 Å². The third-order valence-electron chi connectivity index (χ3n) is 8.06. The second-order valence-corrected chi connectivity index (χ2v) is 10.4. The van der Waals surface area contributed by atoms with E-state index in [1.54, 1.807) is 9.80 Å². The Bertz CT molecular complexity index is 858. The highest BCUT2D eigenvalue weighted by molar-refractivity contribution is 5.66. The highest BCUT2D eigenvalue weighted by atomic mass is 16.4. The Balaban J connectivity index is 1.23. The van der Waals surface area contributed by atoms with Gasteiger partial charge in [-0.25, -0.2) is 9.59 Å². The molecule has 2 saturated carbocycles. The molecular weight excluding hydrogens is 440 g/mol. The first-order chi connectivity index (χ1) is 17.0. The molecule has 6 nitrogen and oxygen atoms in total. The number of hydrogen-bond donors (Lipinski definition) is 2. The molecule has 2 aromatic carbocycles. The number of amides is 2. The lowest BCUT2D eigenvalue weighted by Gasteiger charge is -2.39. The van der Waals surface area contributed by atoms with Gasteiger partial charge in [0.05, 0.1) is 0 Å². The maximum Gasteiger partial charge on any atom is 0.407 e. The monoisotopic (exact) mass is 478 g/mol. The van der Waals surface area contributed by atoms with Gasteiger partial charge in [0.2, 0.25) is 0 Å².